The molecule has 1 saturated heterocycles. The van der Waals surface area contributed by atoms with Gasteiger partial charge < -0.3 is 14.2 Å². The molecule has 14 heavy (non-hydrogen) atoms. The summed E-state index contributed by atoms with van der Waals surface area (Å²) in [4.78, 5) is 0. The van der Waals surface area contributed by atoms with Gasteiger partial charge in [0.1, 0.15) is 6.10 Å². The molecule has 76 valence electrons. The fraction of sp³-hybridized carbons (Fsp3) is 0.455. The summed E-state index contributed by atoms with van der Waals surface area (Å²) in [6.07, 6.45) is 0.00718. The lowest BCUT2D eigenvalue weighted by atomic mass is 10.1. The van der Waals surface area contributed by atoms with Gasteiger partial charge >= 0.3 is 0 Å². The first kappa shape index (κ1) is 9.65. The Morgan fingerprint density at radius 2 is 2.14 bits per heavy atom. The second kappa shape index (κ2) is 4.55. The molecule has 1 heterocycles. The average molecular weight is 194 g/mol. The lowest BCUT2D eigenvalue weighted by molar-refractivity contribution is -0.235. The van der Waals surface area contributed by atoms with E-state index in [1.807, 2.05) is 37.3 Å². The van der Waals surface area contributed by atoms with Gasteiger partial charge in [-0.15, -0.1) is 0 Å². The number of benzene rings is 1. The molecule has 1 fully saturated rings. The van der Waals surface area contributed by atoms with Crippen LogP contribution in [0.5, 0.6) is 0 Å². The van der Waals surface area contributed by atoms with Crippen LogP contribution in [0.4, 0.5) is 0 Å². The molecule has 0 bridgehead atoms. The number of rotatable bonds is 3. The standard InChI is InChI=1S/C11H14O3/c1-2-12-11-13-8-10(14-11)9-6-4-3-5-7-9/h3-7,10-11H,2,8H2,1H3. The minimum absolute atomic E-state index is 0.00718. The van der Waals surface area contributed by atoms with E-state index in [-0.39, 0.29) is 6.10 Å². The summed E-state index contributed by atoms with van der Waals surface area (Å²) < 4.78 is 16.1. The van der Waals surface area contributed by atoms with Gasteiger partial charge in [-0.05, 0) is 12.5 Å². The summed E-state index contributed by atoms with van der Waals surface area (Å²) in [5.41, 5.74) is 1.13. The van der Waals surface area contributed by atoms with Gasteiger partial charge in [-0.2, -0.15) is 0 Å². The number of ether oxygens (including phenoxy) is 3. The van der Waals surface area contributed by atoms with Crippen LogP contribution in [0.1, 0.15) is 18.6 Å². The molecule has 2 unspecified atom stereocenters. The Labute approximate surface area is 83.6 Å². The van der Waals surface area contributed by atoms with Gasteiger partial charge in [0.05, 0.1) is 6.61 Å². The zero-order chi connectivity index (χ0) is 9.80. The second-order valence-corrected chi connectivity index (χ2v) is 3.11. The number of hydrogen-bond donors (Lipinski definition) is 0. The third-order valence-corrected chi connectivity index (χ3v) is 2.13. The molecule has 0 aliphatic carbocycles. The molecular formula is C11H14O3. The topological polar surface area (TPSA) is 27.7 Å². The molecule has 0 spiro atoms. The second-order valence-electron chi connectivity index (χ2n) is 3.11. The van der Waals surface area contributed by atoms with E-state index in [2.05, 4.69) is 0 Å². The molecule has 1 aliphatic heterocycles. The molecule has 0 amide bonds. The van der Waals surface area contributed by atoms with Crippen LogP contribution in [0.3, 0.4) is 0 Å². The molecule has 0 N–H and O–H groups in total. The predicted octanol–water partition coefficient (Wildman–Crippen LogP) is 2.09. The molecule has 0 aromatic heterocycles. The van der Waals surface area contributed by atoms with Gasteiger partial charge in [0.15, 0.2) is 0 Å². The number of hydrogen-bond acceptors (Lipinski definition) is 3. The zero-order valence-electron chi connectivity index (χ0n) is 8.18. The van der Waals surface area contributed by atoms with Crippen LogP contribution in [-0.4, -0.2) is 19.7 Å². The third-order valence-electron chi connectivity index (χ3n) is 2.13. The Morgan fingerprint density at radius 3 is 2.86 bits per heavy atom. The molecule has 3 heteroatoms. The molecule has 1 aromatic rings. The van der Waals surface area contributed by atoms with E-state index < -0.39 is 6.48 Å². The van der Waals surface area contributed by atoms with Crippen LogP contribution in [0.15, 0.2) is 30.3 Å². The summed E-state index contributed by atoms with van der Waals surface area (Å²) in [6.45, 7) is 2.59. The van der Waals surface area contributed by atoms with Gasteiger partial charge in [0.25, 0.3) is 6.48 Å². The molecule has 1 aliphatic rings. The molecule has 0 radical (unpaired) electrons. The summed E-state index contributed by atoms with van der Waals surface area (Å²) >= 11 is 0. The summed E-state index contributed by atoms with van der Waals surface area (Å²) in [5, 5.41) is 0. The van der Waals surface area contributed by atoms with Crippen molar-refractivity contribution in [1.82, 2.24) is 0 Å². The minimum Gasteiger partial charge on any atom is -0.330 e. The van der Waals surface area contributed by atoms with Crippen molar-refractivity contribution >= 4 is 0 Å². The summed E-state index contributed by atoms with van der Waals surface area (Å²) in [7, 11) is 0. The van der Waals surface area contributed by atoms with Crippen molar-refractivity contribution in [2.45, 2.75) is 19.5 Å². The van der Waals surface area contributed by atoms with Crippen molar-refractivity contribution in [1.29, 1.82) is 0 Å². The van der Waals surface area contributed by atoms with Gasteiger partial charge in [-0.25, -0.2) is 0 Å². The Kier molecular flexibility index (Phi) is 3.14. The molecule has 2 atom stereocenters. The first-order valence-corrected chi connectivity index (χ1v) is 4.83. The third kappa shape index (κ3) is 2.12. The first-order valence-electron chi connectivity index (χ1n) is 4.83. The van der Waals surface area contributed by atoms with Gasteiger partial charge in [-0.3, -0.25) is 0 Å². The lowest BCUT2D eigenvalue weighted by Gasteiger charge is -2.10. The van der Waals surface area contributed by atoms with E-state index in [1.165, 1.54) is 0 Å². The summed E-state index contributed by atoms with van der Waals surface area (Å²) in [5.74, 6) is 0. The first-order chi connectivity index (χ1) is 6.90. The highest BCUT2D eigenvalue weighted by Gasteiger charge is 2.27. The van der Waals surface area contributed by atoms with Crippen LogP contribution in [0, 0.1) is 0 Å². The van der Waals surface area contributed by atoms with E-state index in [0.717, 1.165) is 5.56 Å². The van der Waals surface area contributed by atoms with Gasteiger partial charge in [-0.1, -0.05) is 30.3 Å². The Morgan fingerprint density at radius 1 is 1.36 bits per heavy atom. The fourth-order valence-corrected chi connectivity index (χ4v) is 1.44. The smallest absolute Gasteiger partial charge is 0.272 e. The van der Waals surface area contributed by atoms with E-state index >= 15 is 0 Å². The van der Waals surface area contributed by atoms with Crippen molar-refractivity contribution < 1.29 is 14.2 Å². The molecule has 1 aromatic carbocycles. The predicted molar refractivity (Wildman–Crippen MR) is 51.6 cm³/mol. The van der Waals surface area contributed by atoms with Gasteiger partial charge in [0, 0.05) is 6.61 Å². The molecular weight excluding hydrogens is 180 g/mol. The van der Waals surface area contributed by atoms with Crippen LogP contribution < -0.4 is 0 Å². The quantitative estimate of drug-likeness (QED) is 0.737. The normalized spacial score (nSPS) is 26.6. The van der Waals surface area contributed by atoms with Crippen LogP contribution >= 0.6 is 0 Å². The minimum atomic E-state index is -0.495. The monoisotopic (exact) mass is 194 g/mol. The lowest BCUT2D eigenvalue weighted by Crippen LogP contribution is -2.12. The van der Waals surface area contributed by atoms with E-state index in [1.54, 1.807) is 0 Å². The summed E-state index contributed by atoms with van der Waals surface area (Å²) in [6, 6.07) is 10.0. The Bertz CT molecular complexity index is 273. The van der Waals surface area contributed by atoms with E-state index in [9.17, 15) is 0 Å². The molecule has 3 nitrogen and oxygen atoms in total. The van der Waals surface area contributed by atoms with E-state index in [4.69, 9.17) is 14.2 Å². The van der Waals surface area contributed by atoms with Crippen molar-refractivity contribution in [2.24, 2.45) is 0 Å². The Balaban J connectivity index is 1.96. The zero-order valence-corrected chi connectivity index (χ0v) is 8.18. The average Bonchev–Trinajstić information content (AvgIpc) is 2.68. The molecule has 0 saturated carbocycles. The van der Waals surface area contributed by atoms with Crippen molar-refractivity contribution in [3.8, 4) is 0 Å². The maximum atomic E-state index is 5.54. The Hall–Kier alpha value is -0.900. The van der Waals surface area contributed by atoms with Crippen LogP contribution in [-0.2, 0) is 14.2 Å². The highest BCUT2D eigenvalue weighted by molar-refractivity contribution is 5.17. The molecule has 2 rings (SSSR count). The highest BCUT2D eigenvalue weighted by Crippen LogP contribution is 2.26. The highest BCUT2D eigenvalue weighted by atomic mass is 16.9. The maximum absolute atomic E-state index is 5.54. The van der Waals surface area contributed by atoms with Crippen molar-refractivity contribution in [3.05, 3.63) is 35.9 Å². The van der Waals surface area contributed by atoms with Gasteiger partial charge in [0.2, 0.25) is 0 Å². The SMILES string of the molecule is CCOC1OCC(c2ccccc2)O1. The van der Waals surface area contributed by atoms with Crippen LogP contribution in [0.2, 0.25) is 0 Å². The largest absolute Gasteiger partial charge is 0.330 e. The van der Waals surface area contributed by atoms with E-state index in [0.29, 0.717) is 13.2 Å². The van der Waals surface area contributed by atoms with Crippen molar-refractivity contribution in [3.63, 3.8) is 0 Å². The van der Waals surface area contributed by atoms with Crippen LogP contribution in [0.25, 0.3) is 0 Å². The fourth-order valence-electron chi connectivity index (χ4n) is 1.44. The maximum Gasteiger partial charge on any atom is 0.272 e. The van der Waals surface area contributed by atoms with Crippen molar-refractivity contribution in [2.75, 3.05) is 13.2 Å².